The van der Waals surface area contributed by atoms with Crippen molar-refractivity contribution in [3.05, 3.63) is 140 Å². The van der Waals surface area contributed by atoms with E-state index >= 15 is 0 Å². The Morgan fingerprint density at radius 3 is 1.89 bits per heavy atom. The first kappa shape index (κ1) is 26.5. The molecule has 6 aromatic carbocycles. The molecule has 0 spiro atoms. The molecule has 0 aliphatic carbocycles. The molecule has 0 N–H and O–H groups in total. The molecule has 0 amide bonds. The van der Waals surface area contributed by atoms with Gasteiger partial charge in [-0.2, -0.15) is 9.97 Å². The summed E-state index contributed by atoms with van der Waals surface area (Å²) in [4.78, 5) is 20.5. The second kappa shape index (κ2) is 10.4. The third-order valence-corrected chi connectivity index (χ3v) is 11.0. The van der Waals surface area contributed by atoms with Crippen LogP contribution in [-0.4, -0.2) is 24.5 Å². The van der Waals surface area contributed by atoms with Gasteiger partial charge in [0.15, 0.2) is 11.6 Å². The van der Waals surface area contributed by atoms with E-state index in [9.17, 15) is 0 Å². The monoisotopic (exact) mass is 637 g/mol. The van der Waals surface area contributed by atoms with Gasteiger partial charge in [-0.05, 0) is 30.3 Å². The number of thiophene rings is 1. The minimum absolute atomic E-state index is 0.595. The number of thiazole rings is 1. The van der Waals surface area contributed by atoms with Crippen LogP contribution in [0, 0.1) is 0 Å². The predicted molar refractivity (Wildman–Crippen MR) is 197 cm³/mol. The van der Waals surface area contributed by atoms with Crippen molar-refractivity contribution in [3.8, 4) is 39.3 Å². The van der Waals surface area contributed by atoms with Crippen molar-refractivity contribution in [1.29, 1.82) is 0 Å². The van der Waals surface area contributed by atoms with Crippen molar-refractivity contribution in [3.63, 3.8) is 0 Å². The minimum atomic E-state index is 0.595. The first-order chi connectivity index (χ1) is 23.3. The Morgan fingerprint density at radius 1 is 0.447 bits per heavy atom. The lowest BCUT2D eigenvalue weighted by Gasteiger charge is -2.11. The van der Waals surface area contributed by atoms with Crippen molar-refractivity contribution in [2.24, 2.45) is 0 Å². The summed E-state index contributed by atoms with van der Waals surface area (Å²) in [7, 11) is 0. The van der Waals surface area contributed by atoms with Crippen LogP contribution in [-0.2, 0) is 0 Å². The summed E-state index contributed by atoms with van der Waals surface area (Å²) in [5.41, 5.74) is 6.23. The van der Waals surface area contributed by atoms with Crippen molar-refractivity contribution < 1.29 is 0 Å². The van der Waals surface area contributed by atoms with Gasteiger partial charge < -0.3 is 0 Å². The van der Waals surface area contributed by atoms with Crippen molar-refractivity contribution in [1.82, 2.24) is 24.5 Å². The van der Waals surface area contributed by atoms with Crippen LogP contribution in [0.4, 0.5) is 0 Å². The van der Waals surface area contributed by atoms with Crippen LogP contribution >= 0.6 is 22.7 Å². The Kier molecular flexibility index (Phi) is 5.85. The van der Waals surface area contributed by atoms with Crippen LogP contribution in [0.2, 0.25) is 0 Å². The van der Waals surface area contributed by atoms with E-state index in [1.807, 2.05) is 24.3 Å². The molecule has 0 saturated carbocycles. The zero-order valence-corrected chi connectivity index (χ0v) is 26.5. The van der Waals surface area contributed by atoms with Crippen LogP contribution < -0.4 is 0 Å². The van der Waals surface area contributed by atoms with Gasteiger partial charge in [-0.15, -0.1) is 22.7 Å². The molecule has 0 fully saturated rings. The summed E-state index contributed by atoms with van der Waals surface area (Å²) in [6, 6.07) is 48.4. The molecule has 220 valence electrons. The van der Waals surface area contributed by atoms with Gasteiger partial charge in [0.2, 0.25) is 5.95 Å². The smallest absolute Gasteiger partial charge is 0.238 e. The van der Waals surface area contributed by atoms with Crippen LogP contribution in [0.15, 0.2) is 140 Å². The molecule has 5 nitrogen and oxygen atoms in total. The maximum atomic E-state index is 5.25. The summed E-state index contributed by atoms with van der Waals surface area (Å²) in [5.74, 6) is 1.88. The fraction of sp³-hybridized carbons (Fsp3) is 0. The number of benzene rings is 6. The fourth-order valence-electron chi connectivity index (χ4n) is 6.63. The molecule has 0 unspecified atom stereocenters. The number of hydrogen-bond donors (Lipinski definition) is 0. The second-order valence-corrected chi connectivity index (χ2v) is 13.6. The Bertz CT molecular complexity index is 2720. The maximum absolute atomic E-state index is 5.25. The van der Waals surface area contributed by atoms with Gasteiger partial charge in [0, 0.05) is 47.6 Å². The number of nitrogens with zero attached hydrogens (tertiary/aromatic N) is 5. The molecule has 0 bridgehead atoms. The molecule has 7 heteroatoms. The van der Waals surface area contributed by atoms with E-state index < -0.39 is 0 Å². The molecular weight excluding hydrogens is 615 g/mol. The molecular formula is C40H23N5S2. The Balaban J connectivity index is 1.25. The van der Waals surface area contributed by atoms with Gasteiger partial charge in [0.05, 0.1) is 21.3 Å². The van der Waals surface area contributed by atoms with Crippen LogP contribution in [0.1, 0.15) is 0 Å². The van der Waals surface area contributed by atoms with E-state index in [0.717, 1.165) is 43.6 Å². The fourth-order valence-corrected chi connectivity index (χ4v) is 8.93. The summed E-state index contributed by atoms with van der Waals surface area (Å²) in [6.07, 6.45) is 0. The van der Waals surface area contributed by atoms with E-state index in [-0.39, 0.29) is 0 Å². The molecule has 0 radical (unpaired) electrons. The maximum Gasteiger partial charge on any atom is 0.238 e. The molecule has 0 aliphatic heterocycles. The topological polar surface area (TPSA) is 56.5 Å². The SMILES string of the molecule is c1ccc(-c2nc(-c3cccc4sc5c(-c6nc7ccccc7s6)cccc5c34)nc(-n3c4ccccc4c4ccccc43)n2)cc1. The van der Waals surface area contributed by atoms with E-state index in [0.29, 0.717) is 17.6 Å². The molecule has 10 rings (SSSR count). The van der Waals surface area contributed by atoms with E-state index in [2.05, 4.69) is 120 Å². The van der Waals surface area contributed by atoms with Gasteiger partial charge in [-0.25, -0.2) is 9.97 Å². The standard InChI is InChI=1S/C40H23N5S2/c1-2-12-24(13-3-1)37-42-38(44-40(43-37)45-31-20-7-4-14-25(31)26-15-5-8-21-32(26)45)28-17-11-23-34-35(28)27-16-10-18-29(36(27)46-34)39-41-30-19-6-9-22-33(30)47-39/h1-23H. The number of rotatable bonds is 4. The van der Waals surface area contributed by atoms with Crippen LogP contribution in [0.25, 0.3) is 91.5 Å². The number of para-hydroxylation sites is 3. The summed E-state index contributed by atoms with van der Waals surface area (Å²) < 4.78 is 5.76. The highest BCUT2D eigenvalue weighted by Crippen LogP contribution is 2.45. The van der Waals surface area contributed by atoms with E-state index in [1.165, 1.54) is 30.3 Å². The van der Waals surface area contributed by atoms with Gasteiger partial charge in [-0.3, -0.25) is 4.57 Å². The predicted octanol–water partition coefficient (Wildman–Crippen LogP) is 10.9. The normalized spacial score (nSPS) is 11.8. The van der Waals surface area contributed by atoms with Crippen molar-refractivity contribution in [2.75, 3.05) is 0 Å². The zero-order valence-electron chi connectivity index (χ0n) is 24.8. The summed E-state index contributed by atoms with van der Waals surface area (Å²) in [5, 5.41) is 5.69. The zero-order chi connectivity index (χ0) is 30.9. The lowest BCUT2D eigenvalue weighted by Crippen LogP contribution is -2.06. The largest absolute Gasteiger partial charge is 0.278 e. The molecule has 10 aromatic rings. The summed E-state index contributed by atoms with van der Waals surface area (Å²) in [6.45, 7) is 0. The Labute approximate surface area is 277 Å². The molecule has 0 saturated heterocycles. The first-order valence-corrected chi connectivity index (χ1v) is 17.0. The van der Waals surface area contributed by atoms with Crippen molar-refractivity contribution in [2.45, 2.75) is 0 Å². The van der Waals surface area contributed by atoms with Gasteiger partial charge in [-0.1, -0.05) is 109 Å². The average molecular weight is 638 g/mol. The summed E-state index contributed by atoms with van der Waals surface area (Å²) >= 11 is 3.54. The van der Waals surface area contributed by atoms with Gasteiger partial charge in [0.1, 0.15) is 5.01 Å². The van der Waals surface area contributed by atoms with Crippen LogP contribution in [0.3, 0.4) is 0 Å². The molecule has 47 heavy (non-hydrogen) atoms. The highest BCUT2D eigenvalue weighted by atomic mass is 32.1. The molecule has 4 heterocycles. The number of hydrogen-bond acceptors (Lipinski definition) is 6. The molecule has 0 aliphatic rings. The lowest BCUT2D eigenvalue weighted by atomic mass is 10.0. The van der Waals surface area contributed by atoms with Gasteiger partial charge in [0.25, 0.3) is 0 Å². The minimum Gasteiger partial charge on any atom is -0.278 e. The first-order valence-electron chi connectivity index (χ1n) is 15.4. The highest BCUT2D eigenvalue weighted by Gasteiger charge is 2.21. The van der Waals surface area contributed by atoms with Crippen molar-refractivity contribution >= 4 is 74.9 Å². The lowest BCUT2D eigenvalue weighted by molar-refractivity contribution is 0.954. The van der Waals surface area contributed by atoms with E-state index in [4.69, 9.17) is 19.9 Å². The third-order valence-electron chi connectivity index (χ3n) is 8.72. The number of aromatic nitrogens is 5. The van der Waals surface area contributed by atoms with Crippen LogP contribution in [0.5, 0.6) is 0 Å². The van der Waals surface area contributed by atoms with E-state index in [1.54, 1.807) is 22.7 Å². The highest BCUT2D eigenvalue weighted by molar-refractivity contribution is 7.27. The third kappa shape index (κ3) is 4.14. The Morgan fingerprint density at radius 2 is 1.09 bits per heavy atom. The van der Waals surface area contributed by atoms with Gasteiger partial charge >= 0.3 is 0 Å². The number of fused-ring (bicyclic) bond motifs is 7. The Hall–Kier alpha value is -5.76. The quantitative estimate of drug-likeness (QED) is 0.193. The second-order valence-electron chi connectivity index (χ2n) is 11.5. The average Bonchev–Trinajstić information content (AvgIpc) is 3.83. The molecule has 0 atom stereocenters. The molecule has 4 aromatic heterocycles.